The molecule has 7 heteroatoms. The highest BCUT2D eigenvalue weighted by molar-refractivity contribution is 5.35. The van der Waals surface area contributed by atoms with E-state index < -0.39 is 0 Å². The van der Waals surface area contributed by atoms with Gasteiger partial charge in [0, 0.05) is 25.6 Å². The molecule has 1 aromatic heterocycles. The number of nitrogens with one attached hydrogen (secondary N) is 2. The SMILES string of the molecule is CCCNc1nc(NCC2CCOC2)nc(OC(C)C)n1. The van der Waals surface area contributed by atoms with Crippen LogP contribution < -0.4 is 15.4 Å². The third-order valence-corrected chi connectivity index (χ3v) is 3.06. The van der Waals surface area contributed by atoms with Gasteiger partial charge in [-0.1, -0.05) is 6.92 Å². The zero-order valence-electron chi connectivity index (χ0n) is 13.1. The summed E-state index contributed by atoms with van der Waals surface area (Å²) in [7, 11) is 0. The predicted octanol–water partition coefficient (Wildman–Crippen LogP) is 1.93. The molecule has 0 spiro atoms. The van der Waals surface area contributed by atoms with Gasteiger partial charge >= 0.3 is 6.01 Å². The number of aromatic nitrogens is 3. The first-order valence-corrected chi connectivity index (χ1v) is 7.65. The van der Waals surface area contributed by atoms with Crippen LogP contribution in [0.4, 0.5) is 11.9 Å². The lowest BCUT2D eigenvalue weighted by molar-refractivity contribution is 0.187. The van der Waals surface area contributed by atoms with Crippen LogP contribution in [-0.2, 0) is 4.74 Å². The molecule has 0 bridgehead atoms. The highest BCUT2D eigenvalue weighted by Gasteiger charge is 2.16. The normalized spacial score (nSPS) is 18.0. The van der Waals surface area contributed by atoms with Gasteiger partial charge in [0.25, 0.3) is 0 Å². The third-order valence-electron chi connectivity index (χ3n) is 3.06. The van der Waals surface area contributed by atoms with Crippen LogP contribution in [0.5, 0.6) is 6.01 Å². The Hall–Kier alpha value is -1.63. The van der Waals surface area contributed by atoms with Crippen molar-refractivity contribution >= 4 is 11.9 Å². The van der Waals surface area contributed by atoms with Gasteiger partial charge in [0.2, 0.25) is 11.9 Å². The largest absolute Gasteiger partial charge is 0.461 e. The van der Waals surface area contributed by atoms with Gasteiger partial charge in [0.15, 0.2) is 0 Å². The summed E-state index contributed by atoms with van der Waals surface area (Å²) in [4.78, 5) is 13.0. The minimum atomic E-state index is 0.0301. The van der Waals surface area contributed by atoms with E-state index in [4.69, 9.17) is 9.47 Å². The van der Waals surface area contributed by atoms with E-state index >= 15 is 0 Å². The molecule has 0 aliphatic carbocycles. The second kappa shape index (κ2) is 7.97. The fraction of sp³-hybridized carbons (Fsp3) is 0.786. The molecule has 2 N–H and O–H groups in total. The van der Waals surface area contributed by atoms with Gasteiger partial charge in [0.1, 0.15) is 0 Å². The van der Waals surface area contributed by atoms with Crippen molar-refractivity contribution in [3.8, 4) is 6.01 Å². The Morgan fingerprint density at radius 2 is 2.00 bits per heavy atom. The first-order chi connectivity index (χ1) is 10.2. The van der Waals surface area contributed by atoms with Gasteiger partial charge in [-0.15, -0.1) is 0 Å². The van der Waals surface area contributed by atoms with Gasteiger partial charge in [-0.25, -0.2) is 0 Å². The average molecular weight is 295 g/mol. The summed E-state index contributed by atoms with van der Waals surface area (Å²) in [5, 5.41) is 6.42. The smallest absolute Gasteiger partial charge is 0.323 e. The van der Waals surface area contributed by atoms with E-state index in [1.807, 2.05) is 13.8 Å². The summed E-state index contributed by atoms with van der Waals surface area (Å²) in [6, 6.07) is 0.351. The Morgan fingerprint density at radius 1 is 1.24 bits per heavy atom. The van der Waals surface area contributed by atoms with E-state index in [1.165, 1.54) is 0 Å². The summed E-state index contributed by atoms with van der Waals surface area (Å²) in [6.07, 6.45) is 2.12. The second-order valence-corrected chi connectivity index (χ2v) is 5.47. The molecule has 0 saturated carbocycles. The van der Waals surface area contributed by atoms with Crippen LogP contribution in [0.15, 0.2) is 0 Å². The average Bonchev–Trinajstić information content (AvgIpc) is 2.95. The summed E-state index contributed by atoms with van der Waals surface area (Å²) in [5.74, 6) is 1.61. The Kier molecular flexibility index (Phi) is 5.98. The Balaban J connectivity index is 2.01. The van der Waals surface area contributed by atoms with E-state index in [9.17, 15) is 0 Å². The monoisotopic (exact) mass is 295 g/mol. The molecule has 1 aromatic rings. The van der Waals surface area contributed by atoms with Crippen molar-refractivity contribution in [2.24, 2.45) is 5.92 Å². The first-order valence-electron chi connectivity index (χ1n) is 7.65. The molecule has 7 nitrogen and oxygen atoms in total. The third kappa shape index (κ3) is 5.34. The van der Waals surface area contributed by atoms with E-state index in [2.05, 4.69) is 32.5 Å². The van der Waals surface area contributed by atoms with Crippen molar-refractivity contribution in [3.05, 3.63) is 0 Å². The van der Waals surface area contributed by atoms with Gasteiger partial charge in [-0.05, 0) is 26.7 Å². The van der Waals surface area contributed by atoms with E-state index in [0.717, 1.165) is 39.1 Å². The molecule has 1 aliphatic rings. The van der Waals surface area contributed by atoms with Gasteiger partial charge in [-0.3, -0.25) is 0 Å². The maximum atomic E-state index is 5.58. The van der Waals surface area contributed by atoms with E-state index in [0.29, 0.717) is 23.8 Å². The van der Waals surface area contributed by atoms with Crippen molar-refractivity contribution in [2.45, 2.75) is 39.7 Å². The van der Waals surface area contributed by atoms with Crippen molar-refractivity contribution in [1.82, 2.24) is 15.0 Å². The number of rotatable bonds is 8. The molecule has 2 heterocycles. The second-order valence-electron chi connectivity index (χ2n) is 5.47. The molecule has 1 fully saturated rings. The summed E-state index contributed by atoms with van der Waals surface area (Å²) in [6.45, 7) is 9.26. The van der Waals surface area contributed by atoms with Crippen molar-refractivity contribution in [2.75, 3.05) is 36.9 Å². The number of nitrogens with zero attached hydrogens (tertiary/aromatic N) is 3. The molecule has 2 rings (SSSR count). The summed E-state index contributed by atoms with van der Waals surface area (Å²) < 4.78 is 10.9. The van der Waals surface area contributed by atoms with Crippen molar-refractivity contribution in [3.63, 3.8) is 0 Å². The standard InChI is InChI=1S/C14H25N5O2/c1-4-6-15-12-17-13(16-8-11-5-7-20-9-11)19-14(18-12)21-10(2)3/h10-11H,4-9H2,1-3H3,(H2,15,16,17,18,19). The fourth-order valence-electron chi connectivity index (χ4n) is 1.99. The highest BCUT2D eigenvalue weighted by atomic mass is 16.5. The molecular formula is C14H25N5O2. The number of hydrogen-bond acceptors (Lipinski definition) is 7. The molecule has 1 atom stereocenters. The minimum absolute atomic E-state index is 0.0301. The number of anilines is 2. The molecule has 118 valence electrons. The Morgan fingerprint density at radius 3 is 2.62 bits per heavy atom. The lowest BCUT2D eigenvalue weighted by Gasteiger charge is -2.13. The van der Waals surface area contributed by atoms with Crippen molar-refractivity contribution < 1.29 is 9.47 Å². The first kappa shape index (κ1) is 15.8. The summed E-state index contributed by atoms with van der Waals surface area (Å²) in [5.41, 5.74) is 0. The lowest BCUT2D eigenvalue weighted by atomic mass is 10.1. The van der Waals surface area contributed by atoms with Crippen LogP contribution in [0, 0.1) is 5.92 Å². The molecule has 0 amide bonds. The number of hydrogen-bond donors (Lipinski definition) is 2. The quantitative estimate of drug-likeness (QED) is 0.758. The zero-order valence-corrected chi connectivity index (χ0v) is 13.1. The van der Waals surface area contributed by atoms with Crippen LogP contribution in [0.2, 0.25) is 0 Å². The maximum absolute atomic E-state index is 5.58. The lowest BCUT2D eigenvalue weighted by Crippen LogP contribution is -2.18. The highest BCUT2D eigenvalue weighted by Crippen LogP contribution is 2.15. The van der Waals surface area contributed by atoms with Crippen LogP contribution in [0.25, 0.3) is 0 Å². The Labute approximate surface area is 125 Å². The maximum Gasteiger partial charge on any atom is 0.323 e. The zero-order chi connectivity index (χ0) is 15.1. The molecule has 1 unspecified atom stereocenters. The van der Waals surface area contributed by atoms with E-state index in [1.54, 1.807) is 0 Å². The molecule has 0 aromatic carbocycles. The van der Waals surface area contributed by atoms with Crippen molar-refractivity contribution in [1.29, 1.82) is 0 Å². The Bertz CT molecular complexity index is 435. The van der Waals surface area contributed by atoms with Crippen LogP contribution >= 0.6 is 0 Å². The minimum Gasteiger partial charge on any atom is -0.461 e. The predicted molar refractivity (Wildman–Crippen MR) is 81.8 cm³/mol. The molecule has 1 saturated heterocycles. The van der Waals surface area contributed by atoms with Crippen LogP contribution in [-0.4, -0.2) is 47.4 Å². The molecular weight excluding hydrogens is 270 g/mol. The topological polar surface area (TPSA) is 81.2 Å². The molecule has 21 heavy (non-hydrogen) atoms. The van der Waals surface area contributed by atoms with Gasteiger partial charge in [0.05, 0.1) is 12.7 Å². The van der Waals surface area contributed by atoms with Gasteiger partial charge in [-0.2, -0.15) is 15.0 Å². The molecule has 1 aliphatic heterocycles. The summed E-state index contributed by atoms with van der Waals surface area (Å²) >= 11 is 0. The van der Waals surface area contributed by atoms with Crippen LogP contribution in [0.3, 0.4) is 0 Å². The van der Waals surface area contributed by atoms with E-state index in [-0.39, 0.29) is 6.10 Å². The number of ether oxygens (including phenoxy) is 2. The van der Waals surface area contributed by atoms with Crippen LogP contribution in [0.1, 0.15) is 33.6 Å². The fourth-order valence-corrected chi connectivity index (χ4v) is 1.99. The van der Waals surface area contributed by atoms with Gasteiger partial charge < -0.3 is 20.1 Å². The molecule has 0 radical (unpaired) electrons.